The molecule has 0 radical (unpaired) electrons. The molecule has 1 unspecified atom stereocenters. The molecule has 1 heterocycles. The van der Waals surface area contributed by atoms with Crippen molar-refractivity contribution >= 4 is 29.1 Å². The molecule has 170 valence electrons. The van der Waals surface area contributed by atoms with Crippen LogP contribution in [0.15, 0.2) is 48.0 Å². The van der Waals surface area contributed by atoms with E-state index in [1.165, 1.54) is 19.1 Å². The van der Waals surface area contributed by atoms with E-state index in [9.17, 15) is 14.7 Å². The third-order valence-corrected chi connectivity index (χ3v) is 5.35. The van der Waals surface area contributed by atoms with Gasteiger partial charge in [-0.05, 0) is 42.0 Å². The number of methoxy groups -OCH3 is 2. The third kappa shape index (κ3) is 4.72. The van der Waals surface area contributed by atoms with Crippen molar-refractivity contribution in [1.82, 2.24) is 4.90 Å². The van der Waals surface area contributed by atoms with Gasteiger partial charge in [0, 0.05) is 17.1 Å². The molecule has 1 aliphatic rings. The number of nitrogens with zero attached hydrogens (tertiary/aromatic N) is 1. The van der Waals surface area contributed by atoms with Gasteiger partial charge in [-0.2, -0.15) is 0 Å². The predicted octanol–water partition coefficient (Wildman–Crippen LogP) is 2.79. The van der Waals surface area contributed by atoms with Crippen molar-refractivity contribution in [2.24, 2.45) is 0 Å². The van der Waals surface area contributed by atoms with Crippen molar-refractivity contribution in [3.05, 3.63) is 64.2 Å². The highest BCUT2D eigenvalue weighted by Gasteiger charge is 2.46. The maximum atomic E-state index is 13.0. The van der Waals surface area contributed by atoms with Crippen LogP contribution < -0.4 is 9.47 Å². The second kappa shape index (κ2) is 10.5. The van der Waals surface area contributed by atoms with Gasteiger partial charge in [0.05, 0.1) is 45.7 Å². The van der Waals surface area contributed by atoms with Crippen LogP contribution in [0, 0.1) is 0 Å². The van der Waals surface area contributed by atoms with E-state index in [0.29, 0.717) is 27.6 Å². The normalized spacial score (nSPS) is 17.6. The summed E-state index contributed by atoms with van der Waals surface area (Å²) in [4.78, 5) is 27.2. The molecule has 1 atom stereocenters. The van der Waals surface area contributed by atoms with Crippen LogP contribution in [0.5, 0.6) is 11.5 Å². The molecule has 1 amide bonds. The minimum atomic E-state index is -0.872. The van der Waals surface area contributed by atoms with E-state index in [1.807, 2.05) is 0 Å². The van der Waals surface area contributed by atoms with Gasteiger partial charge in [-0.25, -0.2) is 0 Å². The first kappa shape index (κ1) is 23.6. The Morgan fingerprint density at radius 3 is 2.34 bits per heavy atom. The SMILES string of the molecule is COc1ccc(C2/C(=C(\O)c3ccc(Cl)cc3)C(=O)C(=O)N2CCOCCO)cc1OC. The van der Waals surface area contributed by atoms with Crippen molar-refractivity contribution in [1.29, 1.82) is 0 Å². The predicted molar refractivity (Wildman–Crippen MR) is 118 cm³/mol. The molecule has 2 aromatic rings. The van der Waals surface area contributed by atoms with Crippen LogP contribution in [0.1, 0.15) is 17.2 Å². The molecule has 1 aliphatic heterocycles. The number of carbonyl (C=O) groups is 2. The fourth-order valence-electron chi connectivity index (χ4n) is 3.57. The number of halogens is 1. The van der Waals surface area contributed by atoms with Crippen molar-refractivity contribution in [3.63, 3.8) is 0 Å². The number of likely N-dealkylation sites (tertiary alicyclic amines) is 1. The van der Waals surface area contributed by atoms with E-state index in [-0.39, 0.29) is 37.7 Å². The molecule has 3 rings (SSSR count). The number of hydrogen-bond acceptors (Lipinski definition) is 7. The van der Waals surface area contributed by atoms with Crippen LogP contribution in [0.4, 0.5) is 0 Å². The number of carbonyl (C=O) groups excluding carboxylic acids is 2. The Kier molecular flexibility index (Phi) is 7.74. The van der Waals surface area contributed by atoms with Gasteiger partial charge < -0.3 is 29.3 Å². The van der Waals surface area contributed by atoms with Crippen LogP contribution in [-0.4, -0.2) is 67.4 Å². The maximum absolute atomic E-state index is 13.0. The lowest BCUT2D eigenvalue weighted by Crippen LogP contribution is -2.33. The van der Waals surface area contributed by atoms with Gasteiger partial charge in [-0.15, -0.1) is 0 Å². The molecule has 0 bridgehead atoms. The molecule has 32 heavy (non-hydrogen) atoms. The second-order valence-corrected chi connectivity index (χ2v) is 7.39. The number of amides is 1. The fraction of sp³-hybridized carbons (Fsp3) is 0.304. The topological polar surface area (TPSA) is 106 Å². The highest BCUT2D eigenvalue weighted by atomic mass is 35.5. The molecule has 0 spiro atoms. The van der Waals surface area contributed by atoms with Crippen LogP contribution >= 0.6 is 11.6 Å². The van der Waals surface area contributed by atoms with Crippen LogP contribution in [0.2, 0.25) is 5.02 Å². The summed E-state index contributed by atoms with van der Waals surface area (Å²) in [5, 5.41) is 20.4. The zero-order valence-corrected chi connectivity index (χ0v) is 18.5. The van der Waals surface area contributed by atoms with E-state index in [2.05, 4.69) is 0 Å². The van der Waals surface area contributed by atoms with Gasteiger partial charge in [0.2, 0.25) is 0 Å². The third-order valence-electron chi connectivity index (χ3n) is 5.09. The largest absolute Gasteiger partial charge is 0.507 e. The van der Waals surface area contributed by atoms with Gasteiger partial charge >= 0.3 is 0 Å². The monoisotopic (exact) mass is 461 g/mol. The average molecular weight is 462 g/mol. The molecular weight excluding hydrogens is 438 g/mol. The van der Waals surface area contributed by atoms with Crippen LogP contribution in [-0.2, 0) is 14.3 Å². The summed E-state index contributed by atoms with van der Waals surface area (Å²) in [6, 6.07) is 10.5. The highest BCUT2D eigenvalue weighted by molar-refractivity contribution is 6.46. The summed E-state index contributed by atoms with van der Waals surface area (Å²) >= 11 is 5.94. The van der Waals surface area contributed by atoms with Crippen LogP contribution in [0.3, 0.4) is 0 Å². The van der Waals surface area contributed by atoms with Crippen LogP contribution in [0.25, 0.3) is 5.76 Å². The number of ketones is 1. The van der Waals surface area contributed by atoms with Crippen molar-refractivity contribution in [2.45, 2.75) is 6.04 Å². The van der Waals surface area contributed by atoms with Gasteiger partial charge in [0.1, 0.15) is 5.76 Å². The van der Waals surface area contributed by atoms with Gasteiger partial charge in [0.25, 0.3) is 11.7 Å². The molecular formula is C23H24ClNO7. The number of ether oxygens (including phenoxy) is 3. The average Bonchev–Trinajstić information content (AvgIpc) is 3.06. The Labute approximate surface area is 190 Å². The lowest BCUT2D eigenvalue weighted by atomic mass is 9.95. The molecule has 0 aromatic heterocycles. The van der Waals surface area contributed by atoms with Gasteiger partial charge in [-0.1, -0.05) is 17.7 Å². The fourth-order valence-corrected chi connectivity index (χ4v) is 3.70. The maximum Gasteiger partial charge on any atom is 0.295 e. The summed E-state index contributed by atoms with van der Waals surface area (Å²) in [5.41, 5.74) is 0.862. The molecule has 1 fully saturated rings. The molecule has 2 aromatic carbocycles. The van der Waals surface area contributed by atoms with E-state index in [4.69, 9.17) is 30.9 Å². The zero-order chi connectivity index (χ0) is 23.3. The van der Waals surface area contributed by atoms with Crippen molar-refractivity contribution < 1.29 is 34.0 Å². The molecule has 9 heteroatoms. The lowest BCUT2D eigenvalue weighted by molar-refractivity contribution is -0.140. The van der Waals surface area contributed by atoms with Gasteiger partial charge in [-0.3, -0.25) is 9.59 Å². The number of benzene rings is 2. The Bertz CT molecular complexity index is 1020. The standard InChI is InChI=1S/C23H24ClNO7/c1-30-17-8-5-15(13-18(17)31-2)20-19(21(27)14-3-6-16(24)7-4-14)22(28)23(29)25(20)9-11-32-12-10-26/h3-8,13,20,26-27H,9-12H2,1-2H3/b21-19+. The Balaban J connectivity index is 2.11. The molecule has 8 nitrogen and oxygen atoms in total. The quantitative estimate of drug-likeness (QED) is 0.256. The minimum Gasteiger partial charge on any atom is -0.507 e. The number of Topliss-reactive ketones (excluding diaryl/α,β-unsaturated/α-hetero) is 1. The van der Waals surface area contributed by atoms with E-state index >= 15 is 0 Å². The summed E-state index contributed by atoms with van der Waals surface area (Å²) in [7, 11) is 2.98. The number of hydrogen-bond donors (Lipinski definition) is 2. The zero-order valence-electron chi connectivity index (χ0n) is 17.7. The molecule has 0 aliphatic carbocycles. The Hall–Kier alpha value is -3.07. The number of aliphatic hydroxyl groups is 2. The van der Waals surface area contributed by atoms with Crippen molar-refractivity contribution in [3.8, 4) is 11.5 Å². The summed E-state index contributed by atoms with van der Waals surface area (Å²) in [6.07, 6.45) is 0. The summed E-state index contributed by atoms with van der Waals surface area (Å²) < 4.78 is 15.9. The number of aliphatic hydroxyl groups excluding tert-OH is 2. The van der Waals surface area contributed by atoms with E-state index in [0.717, 1.165) is 0 Å². The molecule has 1 saturated heterocycles. The Morgan fingerprint density at radius 2 is 1.72 bits per heavy atom. The number of rotatable bonds is 9. The summed E-state index contributed by atoms with van der Waals surface area (Å²) in [5.74, 6) is -0.971. The van der Waals surface area contributed by atoms with Crippen molar-refractivity contribution in [2.75, 3.05) is 40.6 Å². The highest BCUT2D eigenvalue weighted by Crippen LogP contribution is 2.41. The first-order valence-electron chi connectivity index (χ1n) is 9.87. The first-order valence-corrected chi connectivity index (χ1v) is 10.3. The van der Waals surface area contributed by atoms with E-state index < -0.39 is 17.7 Å². The Morgan fingerprint density at radius 1 is 1.03 bits per heavy atom. The van der Waals surface area contributed by atoms with E-state index in [1.54, 1.807) is 42.5 Å². The smallest absolute Gasteiger partial charge is 0.295 e. The molecule has 0 saturated carbocycles. The lowest BCUT2D eigenvalue weighted by Gasteiger charge is -2.26. The first-order chi connectivity index (χ1) is 15.4. The minimum absolute atomic E-state index is 0.0494. The second-order valence-electron chi connectivity index (χ2n) is 6.95. The molecule has 2 N–H and O–H groups in total. The summed E-state index contributed by atoms with van der Waals surface area (Å²) in [6.45, 7) is 0.142. The van der Waals surface area contributed by atoms with Gasteiger partial charge in [0.15, 0.2) is 11.5 Å².